The minimum Gasteiger partial charge on any atom is -0.440 e. The number of nitrogens with zero attached hydrogens (tertiary/aromatic N) is 4. The van der Waals surface area contributed by atoms with E-state index in [0.717, 1.165) is 29.0 Å². The van der Waals surface area contributed by atoms with Gasteiger partial charge in [-0.15, -0.1) is 0 Å². The number of aromatic nitrogens is 3. The summed E-state index contributed by atoms with van der Waals surface area (Å²) in [4.78, 5) is 19.0. The van der Waals surface area contributed by atoms with Crippen molar-refractivity contribution in [2.24, 2.45) is 0 Å². The van der Waals surface area contributed by atoms with Gasteiger partial charge < -0.3 is 19.4 Å². The van der Waals surface area contributed by atoms with Crippen molar-refractivity contribution in [2.75, 3.05) is 19.8 Å². The number of hydrogen-bond donors (Lipinski definition) is 1. The molecule has 0 radical (unpaired) electrons. The predicted octanol–water partition coefficient (Wildman–Crippen LogP) is 3.15. The molecule has 0 saturated carbocycles. The third-order valence-electron chi connectivity index (χ3n) is 5.18. The Bertz CT molecular complexity index is 996. The van der Waals surface area contributed by atoms with Crippen LogP contribution in [0.3, 0.4) is 0 Å². The van der Waals surface area contributed by atoms with Gasteiger partial charge in [-0.3, -0.25) is 4.68 Å². The molecule has 8 nitrogen and oxygen atoms in total. The summed E-state index contributed by atoms with van der Waals surface area (Å²) in [6.07, 6.45) is 2.42. The van der Waals surface area contributed by atoms with Crippen molar-refractivity contribution in [1.82, 2.24) is 25.0 Å². The van der Waals surface area contributed by atoms with E-state index < -0.39 is 0 Å². The number of benzene rings is 1. The zero-order chi connectivity index (χ0) is 20.9. The number of rotatable bonds is 7. The molecule has 0 aliphatic carbocycles. The molecule has 0 unspecified atom stereocenters. The van der Waals surface area contributed by atoms with Gasteiger partial charge in [0.05, 0.1) is 25.9 Å². The van der Waals surface area contributed by atoms with Crippen molar-refractivity contribution in [2.45, 2.75) is 39.9 Å². The third-order valence-corrected chi connectivity index (χ3v) is 5.18. The van der Waals surface area contributed by atoms with Crippen molar-refractivity contribution in [1.29, 1.82) is 0 Å². The lowest BCUT2D eigenvalue weighted by Gasteiger charge is -2.28. The minimum absolute atomic E-state index is 0.0823. The maximum atomic E-state index is 12.8. The molecule has 8 heteroatoms. The highest BCUT2D eigenvalue weighted by Crippen LogP contribution is 2.30. The molecule has 0 fully saturated rings. The summed E-state index contributed by atoms with van der Waals surface area (Å²) in [5.41, 5.74) is 3.89. The zero-order valence-corrected chi connectivity index (χ0v) is 17.4. The van der Waals surface area contributed by atoms with E-state index in [0.29, 0.717) is 51.0 Å². The van der Waals surface area contributed by atoms with Crippen LogP contribution < -0.4 is 5.32 Å². The lowest BCUT2D eigenvalue weighted by atomic mass is 10.1. The number of amides is 2. The average molecular weight is 409 g/mol. The normalized spacial score (nSPS) is 13.3. The van der Waals surface area contributed by atoms with E-state index >= 15 is 0 Å². The van der Waals surface area contributed by atoms with Gasteiger partial charge >= 0.3 is 6.03 Å². The van der Waals surface area contributed by atoms with Gasteiger partial charge in [0.2, 0.25) is 5.89 Å². The van der Waals surface area contributed by atoms with Crippen LogP contribution in [0.4, 0.5) is 4.79 Å². The molecule has 1 aliphatic rings. The number of carbonyl (C=O) groups is 1. The van der Waals surface area contributed by atoms with Crippen LogP contribution in [0.1, 0.15) is 29.5 Å². The van der Waals surface area contributed by atoms with Crippen molar-refractivity contribution in [3.63, 3.8) is 0 Å². The summed E-state index contributed by atoms with van der Waals surface area (Å²) in [6, 6.07) is 9.82. The van der Waals surface area contributed by atoms with Crippen LogP contribution in [0.25, 0.3) is 11.6 Å². The van der Waals surface area contributed by atoms with Gasteiger partial charge in [-0.05, 0) is 19.4 Å². The first-order chi connectivity index (χ1) is 14.7. The lowest BCUT2D eigenvalue weighted by molar-refractivity contribution is 0.135. The van der Waals surface area contributed by atoms with E-state index in [-0.39, 0.29) is 6.03 Å². The Labute approximate surface area is 175 Å². The SMILES string of the molecule is CCOCCn1nc(-c2ncc(C)o2)c2c1CCN(C(=O)NCc1ccccc1)C2. The maximum Gasteiger partial charge on any atom is 0.317 e. The first-order valence-electron chi connectivity index (χ1n) is 10.3. The van der Waals surface area contributed by atoms with E-state index in [2.05, 4.69) is 10.3 Å². The van der Waals surface area contributed by atoms with Crippen LogP contribution in [-0.2, 0) is 30.8 Å². The molecule has 4 rings (SSSR count). The molecule has 2 aromatic heterocycles. The van der Waals surface area contributed by atoms with Gasteiger partial charge in [0.1, 0.15) is 5.76 Å². The molecular formula is C22H27N5O3. The Morgan fingerprint density at radius 1 is 1.30 bits per heavy atom. The minimum atomic E-state index is -0.0823. The molecule has 2 amide bonds. The molecule has 1 aromatic carbocycles. The molecule has 0 bridgehead atoms. The van der Waals surface area contributed by atoms with Crippen LogP contribution in [0.15, 0.2) is 40.9 Å². The second kappa shape index (κ2) is 9.13. The summed E-state index contributed by atoms with van der Waals surface area (Å²) in [6.45, 7) is 7.38. The summed E-state index contributed by atoms with van der Waals surface area (Å²) >= 11 is 0. The lowest BCUT2D eigenvalue weighted by Crippen LogP contribution is -2.42. The highest BCUT2D eigenvalue weighted by atomic mass is 16.5. The number of fused-ring (bicyclic) bond motifs is 1. The fourth-order valence-electron chi connectivity index (χ4n) is 3.67. The first kappa shape index (κ1) is 20.2. The van der Waals surface area contributed by atoms with Gasteiger partial charge in [-0.2, -0.15) is 5.10 Å². The monoisotopic (exact) mass is 409 g/mol. The molecule has 0 atom stereocenters. The number of oxazole rings is 1. The maximum absolute atomic E-state index is 12.8. The molecule has 3 heterocycles. The quantitative estimate of drug-likeness (QED) is 0.606. The summed E-state index contributed by atoms with van der Waals surface area (Å²) in [5.74, 6) is 1.22. The largest absolute Gasteiger partial charge is 0.440 e. The Morgan fingerprint density at radius 2 is 2.13 bits per heavy atom. The number of aryl methyl sites for hydroxylation is 1. The number of ether oxygens (including phenoxy) is 1. The summed E-state index contributed by atoms with van der Waals surface area (Å²) in [5, 5.41) is 7.77. The Morgan fingerprint density at radius 3 is 2.87 bits per heavy atom. The smallest absolute Gasteiger partial charge is 0.317 e. The van der Waals surface area contributed by atoms with Crippen LogP contribution in [0.5, 0.6) is 0 Å². The number of hydrogen-bond acceptors (Lipinski definition) is 5. The van der Waals surface area contributed by atoms with E-state index in [1.54, 1.807) is 6.20 Å². The predicted molar refractivity (Wildman–Crippen MR) is 112 cm³/mol. The number of carbonyl (C=O) groups excluding carboxylic acids is 1. The Hall–Kier alpha value is -3.13. The van der Waals surface area contributed by atoms with E-state index in [1.165, 1.54) is 0 Å². The molecule has 0 saturated heterocycles. The Kier molecular flexibility index (Phi) is 6.13. The van der Waals surface area contributed by atoms with Crippen LogP contribution in [0, 0.1) is 6.92 Å². The van der Waals surface area contributed by atoms with Crippen molar-refractivity contribution in [3.05, 3.63) is 59.1 Å². The van der Waals surface area contributed by atoms with Gasteiger partial charge in [-0.25, -0.2) is 9.78 Å². The van der Waals surface area contributed by atoms with Crippen LogP contribution in [0.2, 0.25) is 0 Å². The highest BCUT2D eigenvalue weighted by Gasteiger charge is 2.29. The average Bonchev–Trinajstić information content (AvgIpc) is 3.36. The summed E-state index contributed by atoms with van der Waals surface area (Å²) < 4.78 is 13.2. The molecule has 1 N–H and O–H groups in total. The van der Waals surface area contributed by atoms with E-state index in [9.17, 15) is 4.79 Å². The van der Waals surface area contributed by atoms with Crippen molar-refractivity contribution >= 4 is 6.03 Å². The third kappa shape index (κ3) is 4.38. The summed E-state index contributed by atoms with van der Waals surface area (Å²) in [7, 11) is 0. The molecular weight excluding hydrogens is 382 g/mol. The highest BCUT2D eigenvalue weighted by molar-refractivity contribution is 5.75. The number of urea groups is 1. The first-order valence-corrected chi connectivity index (χ1v) is 10.3. The molecule has 0 spiro atoms. The topological polar surface area (TPSA) is 85.4 Å². The van der Waals surface area contributed by atoms with Gasteiger partial charge in [-0.1, -0.05) is 30.3 Å². The van der Waals surface area contributed by atoms with Gasteiger partial charge in [0.15, 0.2) is 5.69 Å². The Balaban J connectivity index is 1.52. The number of nitrogens with one attached hydrogen (secondary N) is 1. The standard InChI is InChI=1S/C22H27N5O3/c1-3-29-12-11-27-19-9-10-26(22(28)24-14-17-7-5-4-6-8-17)15-18(19)20(25-27)21-23-13-16(2)30-21/h4-8,13H,3,9-12,14-15H2,1-2H3,(H,24,28). The fraction of sp³-hybridized carbons (Fsp3) is 0.409. The van der Waals surface area contributed by atoms with Gasteiger partial charge in [0, 0.05) is 37.4 Å². The molecule has 1 aliphatic heterocycles. The van der Waals surface area contributed by atoms with E-state index in [4.69, 9.17) is 14.3 Å². The van der Waals surface area contributed by atoms with Crippen LogP contribution in [-0.4, -0.2) is 45.5 Å². The second-order valence-electron chi connectivity index (χ2n) is 7.29. The van der Waals surface area contributed by atoms with Crippen LogP contribution >= 0.6 is 0 Å². The molecule has 3 aromatic rings. The molecule has 158 valence electrons. The molecule has 30 heavy (non-hydrogen) atoms. The second-order valence-corrected chi connectivity index (χ2v) is 7.29. The van der Waals surface area contributed by atoms with Crippen molar-refractivity contribution in [3.8, 4) is 11.6 Å². The van der Waals surface area contributed by atoms with Crippen molar-refractivity contribution < 1.29 is 13.9 Å². The zero-order valence-electron chi connectivity index (χ0n) is 17.4. The van der Waals surface area contributed by atoms with Gasteiger partial charge in [0.25, 0.3) is 0 Å². The fourth-order valence-corrected chi connectivity index (χ4v) is 3.67. The van der Waals surface area contributed by atoms with E-state index in [1.807, 2.05) is 53.8 Å².